The zero-order chi connectivity index (χ0) is 28.0. The maximum absolute atomic E-state index is 12.9. The van der Waals surface area contributed by atoms with Crippen LogP contribution >= 0.6 is 0 Å². The van der Waals surface area contributed by atoms with Crippen LogP contribution < -0.4 is 10.9 Å². The molecule has 1 saturated carbocycles. The molecule has 9 nitrogen and oxygen atoms in total. The summed E-state index contributed by atoms with van der Waals surface area (Å²) < 4.78 is 7.58. The molecule has 0 radical (unpaired) electrons. The summed E-state index contributed by atoms with van der Waals surface area (Å²) in [5.74, 6) is 0.790. The highest BCUT2D eigenvalue weighted by Crippen LogP contribution is 2.44. The van der Waals surface area contributed by atoms with E-state index in [0.29, 0.717) is 17.1 Å². The Hall–Kier alpha value is -3.80. The number of hydrogen-bond donors (Lipinski definition) is 2. The van der Waals surface area contributed by atoms with Gasteiger partial charge in [-0.2, -0.15) is 10.4 Å². The number of ether oxygens (including phenoxy) is 1. The molecule has 3 fully saturated rings. The lowest BCUT2D eigenvalue weighted by atomic mass is 9.85. The third-order valence-electron chi connectivity index (χ3n) is 8.82. The van der Waals surface area contributed by atoms with Crippen molar-refractivity contribution in [2.24, 2.45) is 5.92 Å². The Morgan fingerprint density at radius 1 is 1.07 bits per heavy atom. The number of rotatable bonds is 4. The van der Waals surface area contributed by atoms with Crippen molar-refractivity contribution >= 4 is 28.5 Å². The van der Waals surface area contributed by atoms with Crippen LogP contribution in [0, 0.1) is 17.2 Å². The van der Waals surface area contributed by atoms with E-state index in [9.17, 15) is 14.9 Å². The lowest BCUT2D eigenvalue weighted by Gasteiger charge is -2.39. The monoisotopic (exact) mass is 542 g/mol. The van der Waals surface area contributed by atoms with Crippen LogP contribution in [-0.2, 0) is 4.74 Å². The third-order valence-corrected chi connectivity index (χ3v) is 8.82. The molecule has 210 valence electrons. The maximum atomic E-state index is 12.9. The summed E-state index contributed by atoms with van der Waals surface area (Å²) in [5, 5.41) is 18.5. The number of amides is 1. The Labute approximate surface area is 234 Å². The van der Waals surface area contributed by atoms with Gasteiger partial charge in [0.05, 0.1) is 23.5 Å². The largest absolute Gasteiger partial charge is 0.444 e. The molecule has 2 saturated heterocycles. The minimum Gasteiger partial charge on any atom is -0.444 e. The standard InChI is InChI=1S/C31H38N6O3/c1-31(2,3)40-30(39)36-23-12-13-24(36)17-21(16-23)19-8-10-22(11-9-19)34-28-27-26(14-15-33-29(27)38)37(35-28)25-7-5-4-6-20(25)18-32/h8-11,14-15,20-21,23-25H,4-7,12-13,16-17H2,1-3H3,(H,33,38)(H,34,35)/t20?,21?,23-,24+,25-/m0/s1. The number of piperidine rings is 1. The fourth-order valence-electron chi connectivity index (χ4n) is 7.03. The van der Waals surface area contributed by atoms with Gasteiger partial charge in [-0.05, 0) is 89.0 Å². The minimum absolute atomic E-state index is 0.0390. The number of carbonyl (C=O) groups excluding carboxylic acids is 1. The number of benzene rings is 1. The van der Waals surface area contributed by atoms with Gasteiger partial charge >= 0.3 is 6.09 Å². The first kappa shape index (κ1) is 26.4. The Balaban J connectivity index is 1.20. The SMILES string of the molecule is CC(C)(C)OC(=O)N1[C@@H]2CC[C@H]1CC(c1ccc(Nc3nn([C@H]4CCCCC4C#N)c4cc[nH]c(=O)c34)cc1)C2. The van der Waals surface area contributed by atoms with Crippen LogP contribution in [0.1, 0.15) is 89.7 Å². The predicted molar refractivity (Wildman–Crippen MR) is 154 cm³/mol. The normalized spacial score (nSPS) is 26.4. The molecule has 6 rings (SSSR count). The van der Waals surface area contributed by atoms with E-state index >= 15 is 0 Å². The average molecular weight is 543 g/mol. The van der Waals surface area contributed by atoms with Crippen molar-refractivity contribution in [2.45, 2.75) is 102 Å². The lowest BCUT2D eigenvalue weighted by Crippen LogP contribution is -2.48. The van der Waals surface area contributed by atoms with E-state index in [2.05, 4.69) is 28.5 Å². The van der Waals surface area contributed by atoms with Crippen molar-refractivity contribution in [3.63, 3.8) is 0 Å². The van der Waals surface area contributed by atoms with E-state index in [-0.39, 0.29) is 35.7 Å². The van der Waals surface area contributed by atoms with Gasteiger partial charge in [-0.3, -0.25) is 9.48 Å². The number of nitriles is 1. The summed E-state index contributed by atoms with van der Waals surface area (Å²) in [6.07, 6.45) is 9.22. The van der Waals surface area contributed by atoms with E-state index in [1.807, 2.05) is 48.6 Å². The molecule has 5 atom stereocenters. The number of carbonyl (C=O) groups is 1. The third kappa shape index (κ3) is 4.96. The summed E-state index contributed by atoms with van der Waals surface area (Å²) in [5.41, 5.74) is 2.18. The van der Waals surface area contributed by atoms with Gasteiger partial charge < -0.3 is 19.9 Å². The molecule has 3 aromatic rings. The van der Waals surface area contributed by atoms with E-state index in [0.717, 1.165) is 62.6 Å². The van der Waals surface area contributed by atoms with Gasteiger partial charge in [0.1, 0.15) is 11.0 Å². The zero-order valence-corrected chi connectivity index (χ0v) is 23.5. The molecule has 0 spiro atoms. The van der Waals surface area contributed by atoms with Crippen molar-refractivity contribution < 1.29 is 9.53 Å². The fraction of sp³-hybridized carbons (Fsp3) is 0.548. The van der Waals surface area contributed by atoms with E-state index in [1.54, 1.807) is 6.20 Å². The van der Waals surface area contributed by atoms with Crippen molar-refractivity contribution in [3.8, 4) is 6.07 Å². The van der Waals surface area contributed by atoms with Crippen LogP contribution in [0.15, 0.2) is 41.3 Å². The number of anilines is 2. The number of nitrogens with zero attached hydrogens (tertiary/aromatic N) is 4. The fourth-order valence-corrected chi connectivity index (χ4v) is 7.03. The number of hydrogen-bond acceptors (Lipinski definition) is 6. The second-order valence-corrected chi connectivity index (χ2v) is 12.6. The van der Waals surface area contributed by atoms with Crippen LogP contribution in [0.4, 0.5) is 16.3 Å². The highest BCUT2D eigenvalue weighted by Gasteiger charge is 2.45. The highest BCUT2D eigenvalue weighted by molar-refractivity contribution is 5.91. The molecular formula is C31H38N6O3. The van der Waals surface area contributed by atoms with E-state index in [1.165, 1.54) is 5.56 Å². The zero-order valence-electron chi connectivity index (χ0n) is 23.5. The molecule has 1 amide bonds. The average Bonchev–Trinajstić information content (AvgIpc) is 3.42. The van der Waals surface area contributed by atoms with Crippen molar-refractivity contribution in [1.29, 1.82) is 5.26 Å². The molecule has 2 aliphatic heterocycles. The molecule has 4 heterocycles. The van der Waals surface area contributed by atoms with Crippen LogP contribution in [0.2, 0.25) is 0 Å². The second-order valence-electron chi connectivity index (χ2n) is 12.6. The van der Waals surface area contributed by atoms with Crippen LogP contribution in [0.5, 0.6) is 0 Å². The molecule has 2 N–H and O–H groups in total. The number of pyridine rings is 1. The second kappa shape index (κ2) is 10.3. The van der Waals surface area contributed by atoms with Gasteiger partial charge in [0.2, 0.25) is 0 Å². The molecule has 2 aromatic heterocycles. The molecule has 3 aliphatic rings. The molecule has 40 heavy (non-hydrogen) atoms. The Morgan fingerprint density at radius 3 is 2.45 bits per heavy atom. The number of aromatic nitrogens is 3. The Morgan fingerprint density at radius 2 is 1.77 bits per heavy atom. The van der Waals surface area contributed by atoms with Gasteiger partial charge in [0.25, 0.3) is 5.56 Å². The smallest absolute Gasteiger partial charge is 0.410 e. The van der Waals surface area contributed by atoms with Crippen molar-refractivity contribution in [3.05, 3.63) is 52.4 Å². The number of H-pyrrole nitrogens is 1. The first-order valence-electron chi connectivity index (χ1n) is 14.6. The highest BCUT2D eigenvalue weighted by atomic mass is 16.6. The summed E-state index contributed by atoms with van der Waals surface area (Å²) in [6, 6.07) is 13.1. The molecule has 1 aliphatic carbocycles. The molecular weight excluding hydrogens is 504 g/mol. The van der Waals surface area contributed by atoms with Crippen LogP contribution in [0.3, 0.4) is 0 Å². The predicted octanol–water partition coefficient (Wildman–Crippen LogP) is 6.37. The van der Waals surface area contributed by atoms with E-state index < -0.39 is 5.60 Å². The number of fused-ring (bicyclic) bond motifs is 3. The van der Waals surface area contributed by atoms with Crippen LogP contribution in [-0.4, -0.2) is 43.4 Å². The molecule has 1 aromatic carbocycles. The minimum atomic E-state index is -0.490. The maximum Gasteiger partial charge on any atom is 0.410 e. The van der Waals surface area contributed by atoms with Crippen LogP contribution in [0.25, 0.3) is 10.9 Å². The van der Waals surface area contributed by atoms with Gasteiger partial charge in [-0.1, -0.05) is 25.0 Å². The first-order valence-corrected chi connectivity index (χ1v) is 14.6. The number of nitrogens with one attached hydrogen (secondary N) is 2. The number of aromatic amines is 1. The first-order chi connectivity index (χ1) is 19.2. The quantitative estimate of drug-likeness (QED) is 0.396. The van der Waals surface area contributed by atoms with Gasteiger partial charge in [-0.15, -0.1) is 0 Å². The van der Waals surface area contributed by atoms with E-state index in [4.69, 9.17) is 9.84 Å². The molecule has 2 bridgehead atoms. The summed E-state index contributed by atoms with van der Waals surface area (Å²) in [4.78, 5) is 30.5. The van der Waals surface area contributed by atoms with Gasteiger partial charge in [0.15, 0.2) is 5.82 Å². The topological polar surface area (TPSA) is 116 Å². The summed E-state index contributed by atoms with van der Waals surface area (Å²) in [7, 11) is 0. The Bertz CT molecular complexity index is 1480. The van der Waals surface area contributed by atoms with Gasteiger partial charge in [-0.25, -0.2) is 4.79 Å². The summed E-state index contributed by atoms with van der Waals surface area (Å²) >= 11 is 0. The lowest BCUT2D eigenvalue weighted by molar-refractivity contribution is 0.00584. The van der Waals surface area contributed by atoms with Crippen molar-refractivity contribution in [1.82, 2.24) is 19.7 Å². The summed E-state index contributed by atoms with van der Waals surface area (Å²) in [6.45, 7) is 5.74. The van der Waals surface area contributed by atoms with Gasteiger partial charge in [0, 0.05) is 24.0 Å². The molecule has 9 heteroatoms. The Kier molecular flexibility index (Phi) is 6.81. The molecule has 2 unspecified atom stereocenters. The van der Waals surface area contributed by atoms with Crippen molar-refractivity contribution in [2.75, 3.05) is 5.32 Å².